The molecule has 2 heterocycles. The first-order chi connectivity index (χ1) is 8.47. The molecule has 0 bridgehead atoms. The SMILES string of the molecule is CC1CN(c2cccc(C(F)(F)F)n2)CCCO1. The molecule has 2 rings (SSSR count). The van der Waals surface area contributed by atoms with Gasteiger partial charge in [0, 0.05) is 19.7 Å². The first-order valence-corrected chi connectivity index (χ1v) is 5.87. The molecule has 1 aromatic rings. The Kier molecular flexibility index (Phi) is 3.75. The smallest absolute Gasteiger partial charge is 0.377 e. The summed E-state index contributed by atoms with van der Waals surface area (Å²) in [5.74, 6) is 0.363. The summed E-state index contributed by atoms with van der Waals surface area (Å²) in [4.78, 5) is 5.53. The first kappa shape index (κ1) is 13.1. The van der Waals surface area contributed by atoms with Gasteiger partial charge in [-0.25, -0.2) is 4.98 Å². The van der Waals surface area contributed by atoms with Gasteiger partial charge in [0.05, 0.1) is 6.10 Å². The van der Waals surface area contributed by atoms with Crippen molar-refractivity contribution in [3.63, 3.8) is 0 Å². The number of hydrogen-bond acceptors (Lipinski definition) is 3. The van der Waals surface area contributed by atoms with Crippen LogP contribution in [0.25, 0.3) is 0 Å². The van der Waals surface area contributed by atoms with Crippen LogP contribution in [0.3, 0.4) is 0 Å². The van der Waals surface area contributed by atoms with E-state index in [-0.39, 0.29) is 6.10 Å². The molecule has 100 valence electrons. The number of pyridine rings is 1. The van der Waals surface area contributed by atoms with Crippen LogP contribution >= 0.6 is 0 Å². The van der Waals surface area contributed by atoms with Gasteiger partial charge in [0.2, 0.25) is 0 Å². The second kappa shape index (κ2) is 5.14. The van der Waals surface area contributed by atoms with Gasteiger partial charge in [-0.3, -0.25) is 0 Å². The van der Waals surface area contributed by atoms with E-state index in [0.717, 1.165) is 12.5 Å². The van der Waals surface area contributed by atoms with E-state index >= 15 is 0 Å². The highest BCUT2D eigenvalue weighted by Gasteiger charge is 2.33. The molecule has 3 nitrogen and oxygen atoms in total. The highest BCUT2D eigenvalue weighted by atomic mass is 19.4. The normalized spacial score (nSPS) is 21.8. The fraction of sp³-hybridized carbons (Fsp3) is 0.583. The average molecular weight is 260 g/mol. The van der Waals surface area contributed by atoms with Crippen LogP contribution in [0.5, 0.6) is 0 Å². The Balaban J connectivity index is 2.22. The number of anilines is 1. The summed E-state index contributed by atoms with van der Waals surface area (Å²) < 4.78 is 43.2. The largest absolute Gasteiger partial charge is 0.433 e. The Hall–Kier alpha value is -1.30. The minimum atomic E-state index is -4.40. The highest BCUT2D eigenvalue weighted by molar-refractivity contribution is 5.40. The minimum Gasteiger partial charge on any atom is -0.377 e. The maximum atomic E-state index is 12.6. The van der Waals surface area contributed by atoms with E-state index in [1.54, 1.807) is 6.07 Å². The van der Waals surface area contributed by atoms with Gasteiger partial charge in [-0.05, 0) is 25.5 Å². The molecular formula is C12H15F3N2O. The number of nitrogens with zero attached hydrogens (tertiary/aromatic N) is 2. The van der Waals surface area contributed by atoms with Crippen molar-refractivity contribution in [3.8, 4) is 0 Å². The first-order valence-electron chi connectivity index (χ1n) is 5.87. The molecule has 0 aliphatic carbocycles. The number of hydrogen-bond donors (Lipinski definition) is 0. The lowest BCUT2D eigenvalue weighted by Crippen LogP contribution is -2.31. The molecule has 0 spiro atoms. The summed E-state index contributed by atoms with van der Waals surface area (Å²) in [5, 5.41) is 0. The molecule has 0 radical (unpaired) electrons. The highest BCUT2D eigenvalue weighted by Crippen LogP contribution is 2.29. The molecule has 1 aromatic heterocycles. The van der Waals surface area contributed by atoms with E-state index in [1.807, 2.05) is 11.8 Å². The maximum absolute atomic E-state index is 12.6. The summed E-state index contributed by atoms with van der Waals surface area (Å²) in [6.07, 6.45) is -3.60. The second-order valence-corrected chi connectivity index (χ2v) is 4.36. The van der Waals surface area contributed by atoms with Crippen LogP contribution in [0.2, 0.25) is 0 Å². The van der Waals surface area contributed by atoms with Crippen molar-refractivity contribution in [2.24, 2.45) is 0 Å². The van der Waals surface area contributed by atoms with Gasteiger partial charge in [0.1, 0.15) is 11.5 Å². The Morgan fingerprint density at radius 3 is 2.89 bits per heavy atom. The fourth-order valence-corrected chi connectivity index (χ4v) is 1.96. The van der Waals surface area contributed by atoms with E-state index in [9.17, 15) is 13.2 Å². The van der Waals surface area contributed by atoms with Crippen LogP contribution < -0.4 is 4.90 Å². The van der Waals surface area contributed by atoms with Crippen LogP contribution in [0.15, 0.2) is 18.2 Å². The predicted octanol–water partition coefficient (Wildman–Crippen LogP) is 2.72. The molecule has 0 amide bonds. The molecule has 1 unspecified atom stereocenters. The minimum absolute atomic E-state index is 0.00356. The van der Waals surface area contributed by atoms with Crippen molar-refractivity contribution >= 4 is 5.82 Å². The summed E-state index contributed by atoms with van der Waals surface area (Å²) in [6.45, 7) is 3.77. The Morgan fingerprint density at radius 1 is 1.39 bits per heavy atom. The second-order valence-electron chi connectivity index (χ2n) is 4.36. The monoisotopic (exact) mass is 260 g/mol. The summed E-state index contributed by atoms with van der Waals surface area (Å²) >= 11 is 0. The third-order valence-corrected chi connectivity index (χ3v) is 2.80. The molecule has 1 atom stereocenters. The summed E-state index contributed by atoms with van der Waals surface area (Å²) in [7, 11) is 0. The molecule has 1 saturated heterocycles. The quantitative estimate of drug-likeness (QED) is 0.776. The van der Waals surface area contributed by atoms with Gasteiger partial charge < -0.3 is 9.64 Å². The zero-order valence-corrected chi connectivity index (χ0v) is 10.1. The van der Waals surface area contributed by atoms with E-state index in [4.69, 9.17) is 4.74 Å². The zero-order valence-electron chi connectivity index (χ0n) is 10.1. The van der Waals surface area contributed by atoms with Gasteiger partial charge in [-0.2, -0.15) is 13.2 Å². The van der Waals surface area contributed by atoms with Crippen molar-refractivity contribution < 1.29 is 17.9 Å². The Morgan fingerprint density at radius 2 is 2.17 bits per heavy atom. The summed E-state index contributed by atoms with van der Waals surface area (Å²) in [6, 6.07) is 3.98. The van der Waals surface area contributed by atoms with E-state index in [1.165, 1.54) is 6.07 Å². The standard InChI is InChI=1S/C12H15F3N2O/c1-9-8-17(6-3-7-18-9)11-5-2-4-10(16-11)12(13,14)15/h2,4-5,9H,3,6-8H2,1H3. The fourth-order valence-electron chi connectivity index (χ4n) is 1.96. The molecule has 0 N–H and O–H groups in total. The number of ether oxygens (including phenoxy) is 1. The lowest BCUT2D eigenvalue weighted by atomic mass is 10.3. The summed E-state index contributed by atoms with van der Waals surface area (Å²) in [5.41, 5.74) is -0.849. The van der Waals surface area contributed by atoms with Crippen LogP contribution in [0.1, 0.15) is 19.0 Å². The molecule has 1 aliphatic rings. The molecule has 0 saturated carbocycles. The van der Waals surface area contributed by atoms with Gasteiger partial charge in [-0.1, -0.05) is 6.07 Å². The predicted molar refractivity (Wildman–Crippen MR) is 61.5 cm³/mol. The van der Waals surface area contributed by atoms with E-state index < -0.39 is 11.9 Å². The Bertz CT molecular complexity index is 409. The van der Waals surface area contributed by atoms with Gasteiger partial charge in [0.15, 0.2) is 0 Å². The van der Waals surface area contributed by atoms with Gasteiger partial charge in [-0.15, -0.1) is 0 Å². The molecule has 18 heavy (non-hydrogen) atoms. The number of rotatable bonds is 1. The maximum Gasteiger partial charge on any atom is 0.433 e. The van der Waals surface area contributed by atoms with Crippen molar-refractivity contribution in [1.29, 1.82) is 0 Å². The molecule has 0 aromatic carbocycles. The Labute approximate surface area is 104 Å². The molecule has 1 fully saturated rings. The molecule has 6 heteroatoms. The van der Waals surface area contributed by atoms with Gasteiger partial charge >= 0.3 is 6.18 Å². The lowest BCUT2D eigenvalue weighted by molar-refractivity contribution is -0.141. The van der Waals surface area contributed by atoms with Gasteiger partial charge in [0.25, 0.3) is 0 Å². The average Bonchev–Trinajstić information content (AvgIpc) is 2.53. The van der Waals surface area contributed by atoms with E-state index in [0.29, 0.717) is 25.5 Å². The number of alkyl halides is 3. The van der Waals surface area contributed by atoms with Crippen molar-refractivity contribution in [3.05, 3.63) is 23.9 Å². The number of aromatic nitrogens is 1. The molecular weight excluding hydrogens is 245 g/mol. The van der Waals surface area contributed by atoms with Crippen LogP contribution in [0.4, 0.5) is 19.0 Å². The topological polar surface area (TPSA) is 25.4 Å². The lowest BCUT2D eigenvalue weighted by Gasteiger charge is -2.23. The van der Waals surface area contributed by atoms with Crippen LogP contribution in [-0.4, -0.2) is 30.8 Å². The third kappa shape index (κ3) is 3.13. The zero-order chi connectivity index (χ0) is 13.2. The van der Waals surface area contributed by atoms with Crippen LogP contribution in [0, 0.1) is 0 Å². The van der Waals surface area contributed by atoms with Crippen LogP contribution in [-0.2, 0) is 10.9 Å². The van der Waals surface area contributed by atoms with Crippen molar-refractivity contribution in [2.45, 2.75) is 25.6 Å². The number of halogens is 3. The third-order valence-electron chi connectivity index (χ3n) is 2.80. The molecule has 1 aliphatic heterocycles. The van der Waals surface area contributed by atoms with E-state index in [2.05, 4.69) is 4.98 Å². The van der Waals surface area contributed by atoms with Crippen molar-refractivity contribution in [1.82, 2.24) is 4.98 Å². The van der Waals surface area contributed by atoms with Crippen molar-refractivity contribution in [2.75, 3.05) is 24.6 Å².